The molecule has 0 aliphatic rings. The van der Waals surface area contributed by atoms with Crippen LogP contribution in [0.2, 0.25) is 10.0 Å². The van der Waals surface area contributed by atoms with Gasteiger partial charge in [-0.1, -0.05) is 41.4 Å². The molecule has 4 nitrogen and oxygen atoms in total. The maximum atomic E-state index is 6.40. The average Bonchev–Trinajstić information content (AvgIpc) is 3.33. The van der Waals surface area contributed by atoms with Crippen LogP contribution in [-0.4, -0.2) is 19.7 Å². The van der Waals surface area contributed by atoms with Gasteiger partial charge in [-0.25, -0.2) is 0 Å². The van der Waals surface area contributed by atoms with Crippen LogP contribution in [0.25, 0.3) is 44.7 Å². The molecule has 0 aliphatic heterocycles. The summed E-state index contributed by atoms with van der Waals surface area (Å²) >= 11 is 12.6. The van der Waals surface area contributed by atoms with Crippen LogP contribution in [0.1, 0.15) is 0 Å². The maximum absolute atomic E-state index is 6.40. The fourth-order valence-corrected chi connectivity index (χ4v) is 3.94. The Morgan fingerprint density at radius 3 is 2.66 bits per heavy atom. The van der Waals surface area contributed by atoms with Gasteiger partial charge in [0.05, 0.1) is 21.4 Å². The molecule has 0 unspecified atom stereocenters. The first-order chi connectivity index (χ1) is 14.1. The number of aromatic nitrogens is 4. The summed E-state index contributed by atoms with van der Waals surface area (Å²) in [6.45, 7) is 0. The van der Waals surface area contributed by atoms with Crippen LogP contribution in [0.3, 0.4) is 0 Å². The van der Waals surface area contributed by atoms with E-state index in [1.54, 1.807) is 12.3 Å². The highest BCUT2D eigenvalue weighted by Crippen LogP contribution is 2.35. The van der Waals surface area contributed by atoms with Crippen molar-refractivity contribution in [1.82, 2.24) is 19.7 Å². The number of aromatic amines is 1. The molecular weight excluding hydrogens is 403 g/mol. The number of nitrogens with zero attached hydrogens (tertiary/aromatic N) is 3. The third-order valence-corrected chi connectivity index (χ3v) is 5.81. The minimum absolute atomic E-state index is 0.543. The van der Waals surface area contributed by atoms with E-state index in [0.717, 1.165) is 44.7 Å². The summed E-state index contributed by atoms with van der Waals surface area (Å²) in [7, 11) is 1.95. The summed E-state index contributed by atoms with van der Waals surface area (Å²) in [6.07, 6.45) is 3.58. The van der Waals surface area contributed by atoms with Crippen molar-refractivity contribution < 1.29 is 0 Å². The Kier molecular flexibility index (Phi) is 4.38. The highest BCUT2D eigenvalue weighted by Gasteiger charge is 2.13. The van der Waals surface area contributed by atoms with Gasteiger partial charge in [0.15, 0.2) is 0 Å². The van der Waals surface area contributed by atoms with Crippen molar-refractivity contribution in [3.8, 4) is 33.8 Å². The van der Waals surface area contributed by atoms with E-state index in [4.69, 9.17) is 23.2 Å². The first-order valence-electron chi connectivity index (χ1n) is 9.12. The van der Waals surface area contributed by atoms with Crippen molar-refractivity contribution in [3.05, 3.63) is 83.1 Å². The Morgan fingerprint density at radius 1 is 0.931 bits per heavy atom. The van der Waals surface area contributed by atoms with Crippen LogP contribution >= 0.6 is 23.2 Å². The molecule has 0 saturated carbocycles. The molecule has 0 spiro atoms. The summed E-state index contributed by atoms with van der Waals surface area (Å²) in [4.78, 5) is 7.62. The van der Waals surface area contributed by atoms with Crippen LogP contribution in [0.4, 0.5) is 0 Å². The van der Waals surface area contributed by atoms with E-state index in [2.05, 4.69) is 45.4 Å². The van der Waals surface area contributed by atoms with Gasteiger partial charge < -0.3 is 4.98 Å². The lowest BCUT2D eigenvalue weighted by atomic mass is 10.1. The maximum Gasteiger partial charge on any atom is 0.0945 e. The number of aryl methyl sites for hydroxylation is 1. The molecule has 0 aliphatic carbocycles. The molecule has 0 bridgehead atoms. The monoisotopic (exact) mass is 418 g/mol. The molecule has 2 aromatic carbocycles. The number of pyridine rings is 1. The molecule has 1 N–H and O–H groups in total. The molecule has 3 heterocycles. The van der Waals surface area contributed by atoms with Gasteiger partial charge in [-0.05, 0) is 42.5 Å². The second-order valence-electron chi connectivity index (χ2n) is 6.87. The Hall–Kier alpha value is -3.08. The molecule has 29 heavy (non-hydrogen) atoms. The molecular formula is C23H16Cl2N4. The van der Waals surface area contributed by atoms with Crippen molar-refractivity contribution in [2.75, 3.05) is 0 Å². The minimum atomic E-state index is 0.543. The lowest BCUT2D eigenvalue weighted by Gasteiger charge is -2.02. The van der Waals surface area contributed by atoms with Crippen LogP contribution in [0.15, 0.2) is 73.1 Å². The smallest absolute Gasteiger partial charge is 0.0945 e. The lowest BCUT2D eigenvalue weighted by molar-refractivity contribution is 0.779. The first kappa shape index (κ1) is 18.0. The van der Waals surface area contributed by atoms with E-state index < -0.39 is 0 Å². The van der Waals surface area contributed by atoms with Crippen molar-refractivity contribution in [2.24, 2.45) is 7.05 Å². The quantitative estimate of drug-likeness (QED) is 0.358. The van der Waals surface area contributed by atoms with Gasteiger partial charge in [0.2, 0.25) is 0 Å². The van der Waals surface area contributed by atoms with Crippen molar-refractivity contribution in [1.29, 1.82) is 0 Å². The number of hydrogen-bond acceptors (Lipinski definition) is 2. The molecule has 0 radical (unpaired) electrons. The second-order valence-corrected chi connectivity index (χ2v) is 7.65. The fourth-order valence-electron chi connectivity index (χ4n) is 3.54. The Morgan fingerprint density at radius 2 is 1.83 bits per heavy atom. The predicted octanol–water partition coefficient (Wildman–Crippen LogP) is 6.60. The highest BCUT2D eigenvalue weighted by atomic mass is 35.5. The molecule has 3 aromatic heterocycles. The van der Waals surface area contributed by atoms with Crippen molar-refractivity contribution in [2.45, 2.75) is 0 Å². The molecule has 0 fully saturated rings. The summed E-state index contributed by atoms with van der Waals surface area (Å²) in [5, 5.41) is 6.84. The van der Waals surface area contributed by atoms with Crippen molar-refractivity contribution in [3.63, 3.8) is 0 Å². The van der Waals surface area contributed by atoms with Gasteiger partial charge in [0, 0.05) is 52.7 Å². The molecule has 6 heteroatoms. The van der Waals surface area contributed by atoms with Crippen LogP contribution in [0.5, 0.6) is 0 Å². The van der Waals surface area contributed by atoms with Crippen molar-refractivity contribution >= 4 is 34.1 Å². The molecule has 0 saturated heterocycles. The number of rotatable bonds is 3. The first-order valence-corrected chi connectivity index (χ1v) is 9.88. The number of fused-ring (bicyclic) bond motifs is 1. The van der Waals surface area contributed by atoms with E-state index in [1.165, 1.54) is 0 Å². The van der Waals surface area contributed by atoms with Gasteiger partial charge in [-0.3, -0.25) is 9.67 Å². The zero-order valence-electron chi connectivity index (χ0n) is 15.5. The summed E-state index contributed by atoms with van der Waals surface area (Å²) in [5.41, 5.74) is 6.88. The van der Waals surface area contributed by atoms with Gasteiger partial charge in [0.25, 0.3) is 0 Å². The van der Waals surface area contributed by atoms with Crippen LogP contribution in [0, 0.1) is 0 Å². The van der Waals surface area contributed by atoms with Gasteiger partial charge >= 0.3 is 0 Å². The molecule has 5 aromatic rings. The Labute approximate surface area is 177 Å². The SMILES string of the molecule is Cn1nc(-c2cccnc2)cc1-c1ccc2[nH]c(-c3cccc(Cl)c3Cl)cc2c1. The number of H-pyrrole nitrogens is 1. The number of halogens is 2. The van der Waals surface area contributed by atoms with Gasteiger partial charge in [0.1, 0.15) is 0 Å². The Bertz CT molecular complexity index is 1340. The standard InChI is InChI=1S/C23H16Cl2N4/c1-29-22(12-20(28-29)15-4-3-9-26-13-15)14-7-8-19-16(10-14)11-21(27-19)17-5-2-6-18(24)23(17)25/h2-13,27H,1H3. The second kappa shape index (κ2) is 7.07. The van der Waals surface area contributed by atoms with Crippen LogP contribution in [-0.2, 0) is 7.05 Å². The van der Waals surface area contributed by atoms with E-state index in [0.29, 0.717) is 10.0 Å². The fraction of sp³-hybridized carbons (Fsp3) is 0.0435. The zero-order valence-corrected chi connectivity index (χ0v) is 17.0. The molecule has 0 amide bonds. The van der Waals surface area contributed by atoms with E-state index >= 15 is 0 Å². The summed E-state index contributed by atoms with van der Waals surface area (Å²) in [6, 6.07) is 20.1. The van der Waals surface area contributed by atoms with E-state index in [9.17, 15) is 0 Å². The summed E-state index contributed by atoms with van der Waals surface area (Å²) < 4.78 is 1.89. The molecule has 5 rings (SSSR count). The normalized spacial score (nSPS) is 11.3. The molecule has 0 atom stereocenters. The lowest BCUT2D eigenvalue weighted by Crippen LogP contribution is -1.93. The largest absolute Gasteiger partial charge is 0.354 e. The third kappa shape index (κ3) is 3.20. The third-order valence-electron chi connectivity index (χ3n) is 5.00. The number of nitrogens with one attached hydrogen (secondary N) is 1. The predicted molar refractivity (Wildman–Crippen MR) is 119 cm³/mol. The summed E-state index contributed by atoms with van der Waals surface area (Å²) in [5.74, 6) is 0. The number of hydrogen-bond donors (Lipinski definition) is 1. The molecule has 142 valence electrons. The van der Waals surface area contributed by atoms with Crippen LogP contribution < -0.4 is 0 Å². The topological polar surface area (TPSA) is 46.5 Å². The Balaban J connectivity index is 1.58. The van der Waals surface area contributed by atoms with E-state index in [-0.39, 0.29) is 0 Å². The highest BCUT2D eigenvalue weighted by molar-refractivity contribution is 6.43. The van der Waals surface area contributed by atoms with Gasteiger partial charge in [-0.2, -0.15) is 5.10 Å². The minimum Gasteiger partial charge on any atom is -0.354 e. The van der Waals surface area contributed by atoms with E-state index in [1.807, 2.05) is 42.2 Å². The van der Waals surface area contributed by atoms with Gasteiger partial charge in [-0.15, -0.1) is 0 Å². The average molecular weight is 419 g/mol. The number of benzene rings is 2. The zero-order chi connectivity index (χ0) is 20.0.